The lowest BCUT2D eigenvalue weighted by Gasteiger charge is -2.50. The first kappa shape index (κ1) is 39.3. The maximum Gasteiger partial charge on any atom is 0.327 e. The average molecular weight is 682 g/mol. The third kappa shape index (κ3) is 8.95. The lowest BCUT2D eigenvalue weighted by molar-refractivity contribution is -0.168. The van der Waals surface area contributed by atoms with Gasteiger partial charge in [-0.05, 0) is 53.4 Å². The Morgan fingerprint density at radius 2 is 1.40 bits per heavy atom. The summed E-state index contributed by atoms with van der Waals surface area (Å²) in [4.78, 5) is 41.3. The smallest absolute Gasteiger partial charge is 0.327 e. The van der Waals surface area contributed by atoms with Crippen LogP contribution in [0.15, 0.2) is 30.3 Å². The molecule has 1 fully saturated rings. The van der Waals surface area contributed by atoms with E-state index >= 15 is 0 Å². The van der Waals surface area contributed by atoms with E-state index in [4.69, 9.17) is 18.0 Å². The van der Waals surface area contributed by atoms with Gasteiger partial charge in [0.25, 0.3) is 8.32 Å². The SMILES string of the molecule is CC(C)(C)[Si](C)(C)OCC1(CO[Si](C)(C)C(C)(C)C)CO[Si](C)(C(C)(C)C)C(=O)NC(C(=O)O)C1C(=O)OCc1ccccc1. The third-order valence-electron chi connectivity index (χ3n) is 10.6. The van der Waals surface area contributed by atoms with Crippen molar-refractivity contribution in [3.8, 4) is 0 Å². The largest absolute Gasteiger partial charge is 0.480 e. The highest BCUT2D eigenvalue weighted by Gasteiger charge is 2.60. The molecule has 1 aliphatic heterocycles. The number of aliphatic carboxylic acids is 1. The second-order valence-electron chi connectivity index (χ2n) is 16.9. The molecule has 45 heavy (non-hydrogen) atoms. The molecule has 3 atom stereocenters. The van der Waals surface area contributed by atoms with Crippen molar-refractivity contribution >= 4 is 42.4 Å². The van der Waals surface area contributed by atoms with E-state index in [0.717, 1.165) is 5.56 Å². The quantitative estimate of drug-likeness (QED) is 0.192. The zero-order chi connectivity index (χ0) is 34.9. The van der Waals surface area contributed by atoms with Crippen LogP contribution in [0.3, 0.4) is 0 Å². The first-order valence-corrected chi connectivity index (χ1v) is 24.1. The Morgan fingerprint density at radius 3 is 1.80 bits per heavy atom. The summed E-state index contributed by atoms with van der Waals surface area (Å²) < 4.78 is 26.3. The number of esters is 1. The summed E-state index contributed by atoms with van der Waals surface area (Å²) in [6.07, 6.45) is 0. The number of carboxylic acid groups (broad SMARTS) is 1. The molecule has 256 valence electrons. The monoisotopic (exact) mass is 681 g/mol. The van der Waals surface area contributed by atoms with Gasteiger partial charge in [-0.15, -0.1) is 0 Å². The minimum Gasteiger partial charge on any atom is -0.480 e. The molecule has 0 spiro atoms. The molecule has 12 heteroatoms. The number of hydrogen-bond acceptors (Lipinski definition) is 7. The van der Waals surface area contributed by atoms with E-state index in [-0.39, 0.29) is 36.5 Å². The van der Waals surface area contributed by atoms with Crippen LogP contribution in [0.4, 0.5) is 4.79 Å². The minimum atomic E-state index is -3.31. The van der Waals surface area contributed by atoms with Gasteiger partial charge in [-0.3, -0.25) is 9.59 Å². The van der Waals surface area contributed by atoms with Gasteiger partial charge in [0.2, 0.25) is 5.53 Å². The molecular weight excluding hydrogens is 623 g/mol. The Morgan fingerprint density at radius 1 is 0.933 bits per heavy atom. The first-order chi connectivity index (χ1) is 20.2. The average Bonchev–Trinajstić information content (AvgIpc) is 2.89. The maximum atomic E-state index is 14.3. The van der Waals surface area contributed by atoms with Gasteiger partial charge >= 0.3 is 11.9 Å². The number of carbonyl (C=O) groups excluding carboxylic acids is 2. The lowest BCUT2D eigenvalue weighted by Crippen LogP contribution is -2.69. The summed E-state index contributed by atoms with van der Waals surface area (Å²) in [6, 6.07) is 7.64. The molecule has 1 aromatic rings. The molecule has 0 aromatic heterocycles. The number of amides is 1. The Kier molecular flexibility index (Phi) is 12.0. The first-order valence-electron chi connectivity index (χ1n) is 15.9. The van der Waals surface area contributed by atoms with Crippen LogP contribution in [0, 0.1) is 11.3 Å². The fourth-order valence-electron chi connectivity index (χ4n) is 4.51. The van der Waals surface area contributed by atoms with Crippen LogP contribution in [0.25, 0.3) is 0 Å². The van der Waals surface area contributed by atoms with Gasteiger partial charge in [0.15, 0.2) is 16.6 Å². The van der Waals surface area contributed by atoms with Crippen LogP contribution in [-0.2, 0) is 34.2 Å². The van der Waals surface area contributed by atoms with E-state index in [9.17, 15) is 19.5 Å². The number of rotatable bonds is 10. The second-order valence-corrected chi connectivity index (χ2v) is 30.8. The molecule has 1 heterocycles. The number of nitrogens with one attached hydrogen (secondary N) is 1. The van der Waals surface area contributed by atoms with Crippen molar-refractivity contribution in [2.24, 2.45) is 11.3 Å². The summed E-state index contributed by atoms with van der Waals surface area (Å²) in [7, 11) is -8.16. The predicted molar refractivity (Wildman–Crippen MR) is 186 cm³/mol. The molecule has 1 saturated heterocycles. The van der Waals surface area contributed by atoms with Gasteiger partial charge in [0, 0.05) is 19.8 Å². The topological polar surface area (TPSA) is 120 Å². The van der Waals surface area contributed by atoms with Crippen LogP contribution in [0.2, 0.25) is 47.8 Å². The van der Waals surface area contributed by atoms with Crippen molar-refractivity contribution < 1.29 is 37.5 Å². The second kappa shape index (κ2) is 13.7. The Balaban J connectivity index is 2.83. The summed E-state index contributed by atoms with van der Waals surface area (Å²) in [5.74, 6) is -3.41. The van der Waals surface area contributed by atoms with Crippen molar-refractivity contribution in [2.75, 3.05) is 19.8 Å². The number of ether oxygens (including phenoxy) is 1. The standard InChI is InChI=1S/C33H59NO8Si3/c1-30(2,3)43(10,11)40-21-33(22-41-44(12,13)31(4,5)6)23-42-45(14,32(7,8)9)29(38)34-26(27(35)36)25(33)28(37)39-20-24-18-16-15-17-19-24/h15-19,25-26H,20-23H2,1-14H3,(H,34,38)(H,35,36). The molecule has 1 aromatic carbocycles. The highest BCUT2D eigenvalue weighted by Crippen LogP contribution is 2.46. The molecule has 9 nitrogen and oxygen atoms in total. The highest BCUT2D eigenvalue weighted by atomic mass is 28.4. The number of benzene rings is 1. The van der Waals surface area contributed by atoms with E-state index in [1.807, 2.05) is 57.7 Å². The fourth-order valence-corrected chi connectivity index (χ4v) is 8.93. The van der Waals surface area contributed by atoms with E-state index < -0.39 is 64.8 Å². The molecular formula is C33H59NO8Si3. The van der Waals surface area contributed by atoms with Crippen LogP contribution in [0.1, 0.15) is 67.9 Å². The highest BCUT2D eigenvalue weighted by molar-refractivity contribution is 7.02. The van der Waals surface area contributed by atoms with E-state index in [2.05, 4.69) is 73.0 Å². The van der Waals surface area contributed by atoms with E-state index in [0.29, 0.717) is 0 Å². The van der Waals surface area contributed by atoms with Crippen LogP contribution >= 0.6 is 0 Å². The Hall–Kier alpha value is -1.84. The predicted octanol–water partition coefficient (Wildman–Crippen LogP) is 7.53. The third-order valence-corrected chi connectivity index (χ3v) is 24.1. The molecule has 2 N–H and O–H groups in total. The van der Waals surface area contributed by atoms with E-state index in [1.54, 1.807) is 0 Å². The number of hydrogen-bond donors (Lipinski definition) is 2. The van der Waals surface area contributed by atoms with Gasteiger partial charge in [0.1, 0.15) is 12.6 Å². The van der Waals surface area contributed by atoms with Crippen LogP contribution in [0.5, 0.6) is 0 Å². The summed E-state index contributed by atoms with van der Waals surface area (Å²) in [5, 5.41) is 12.6. The maximum absolute atomic E-state index is 14.3. The molecule has 0 radical (unpaired) electrons. The van der Waals surface area contributed by atoms with Crippen molar-refractivity contribution in [1.82, 2.24) is 5.32 Å². The molecule has 0 aliphatic carbocycles. The van der Waals surface area contributed by atoms with Gasteiger partial charge in [0.05, 0.1) is 11.3 Å². The molecule has 2 rings (SSSR count). The van der Waals surface area contributed by atoms with Gasteiger partial charge in [-0.1, -0.05) is 92.6 Å². The van der Waals surface area contributed by atoms with Gasteiger partial charge in [-0.25, -0.2) is 4.79 Å². The van der Waals surface area contributed by atoms with Crippen LogP contribution in [-0.4, -0.2) is 73.4 Å². The molecule has 1 aliphatic rings. The van der Waals surface area contributed by atoms with Crippen molar-refractivity contribution in [3.05, 3.63) is 35.9 Å². The van der Waals surface area contributed by atoms with Gasteiger partial charge in [-0.2, -0.15) is 0 Å². The minimum absolute atomic E-state index is 0.0114. The Labute approximate surface area is 274 Å². The molecule has 1 amide bonds. The van der Waals surface area contributed by atoms with Crippen LogP contribution < -0.4 is 5.32 Å². The zero-order valence-corrected chi connectivity index (χ0v) is 33.2. The normalized spacial score (nSPS) is 23.5. The number of carboxylic acids is 1. The van der Waals surface area contributed by atoms with Gasteiger partial charge < -0.3 is 28.4 Å². The fraction of sp³-hybridized carbons (Fsp3) is 0.727. The lowest BCUT2D eigenvalue weighted by atomic mass is 9.73. The molecule has 0 saturated carbocycles. The molecule has 3 unspecified atom stereocenters. The summed E-state index contributed by atoms with van der Waals surface area (Å²) in [5.41, 5.74) is -0.987. The zero-order valence-electron chi connectivity index (χ0n) is 30.2. The molecule has 0 bridgehead atoms. The van der Waals surface area contributed by atoms with Crippen molar-refractivity contribution in [1.29, 1.82) is 0 Å². The summed E-state index contributed by atoms with van der Waals surface area (Å²) >= 11 is 0. The van der Waals surface area contributed by atoms with Crippen molar-refractivity contribution in [2.45, 2.75) is 123 Å². The number of carbonyl (C=O) groups is 3. The van der Waals surface area contributed by atoms with E-state index in [1.165, 1.54) is 0 Å². The van der Waals surface area contributed by atoms with Crippen molar-refractivity contribution in [3.63, 3.8) is 0 Å². The Bertz CT molecular complexity index is 1170. The summed E-state index contributed by atoms with van der Waals surface area (Å²) in [6.45, 7) is 28.7.